The summed E-state index contributed by atoms with van der Waals surface area (Å²) in [7, 11) is 0. The highest BCUT2D eigenvalue weighted by molar-refractivity contribution is 7.12. The van der Waals surface area contributed by atoms with Crippen molar-refractivity contribution in [2.45, 2.75) is 26.6 Å². The van der Waals surface area contributed by atoms with E-state index >= 15 is 0 Å². The van der Waals surface area contributed by atoms with Crippen LogP contribution in [0.5, 0.6) is 0 Å². The Kier molecular flexibility index (Phi) is 3.45. The smallest absolute Gasteiger partial charge is 0.264 e. The van der Waals surface area contributed by atoms with Gasteiger partial charge in [-0.1, -0.05) is 0 Å². The number of rotatable bonds is 3. The van der Waals surface area contributed by atoms with Crippen molar-refractivity contribution in [3.05, 3.63) is 52.3 Å². The van der Waals surface area contributed by atoms with E-state index in [0.29, 0.717) is 19.6 Å². The highest BCUT2D eigenvalue weighted by Crippen LogP contribution is 2.21. The quantitative estimate of drug-likeness (QED) is 0.731. The molecule has 0 unspecified atom stereocenters. The van der Waals surface area contributed by atoms with Crippen LogP contribution in [-0.2, 0) is 19.6 Å². The van der Waals surface area contributed by atoms with Crippen molar-refractivity contribution < 1.29 is 4.79 Å². The molecule has 118 valence electrons. The molecule has 0 saturated carbocycles. The van der Waals surface area contributed by atoms with Gasteiger partial charge >= 0.3 is 0 Å². The molecule has 4 rings (SSSR count). The van der Waals surface area contributed by atoms with Crippen LogP contribution >= 0.6 is 11.3 Å². The Morgan fingerprint density at radius 1 is 1.39 bits per heavy atom. The molecule has 0 saturated heterocycles. The third-order valence-electron chi connectivity index (χ3n) is 3.99. The number of amides is 1. The Labute approximate surface area is 137 Å². The van der Waals surface area contributed by atoms with Crippen LogP contribution in [0.4, 0.5) is 0 Å². The van der Waals surface area contributed by atoms with Gasteiger partial charge in [0.1, 0.15) is 18.5 Å². The lowest BCUT2D eigenvalue weighted by atomic mass is 10.2. The fourth-order valence-electron chi connectivity index (χ4n) is 2.78. The summed E-state index contributed by atoms with van der Waals surface area (Å²) >= 11 is 1.50. The second kappa shape index (κ2) is 5.62. The molecule has 0 N–H and O–H groups in total. The first-order chi connectivity index (χ1) is 11.2. The molecular weight excluding hydrogens is 312 g/mol. The van der Waals surface area contributed by atoms with Gasteiger partial charge in [0, 0.05) is 19.3 Å². The van der Waals surface area contributed by atoms with Gasteiger partial charge in [0.05, 0.1) is 23.7 Å². The minimum atomic E-state index is 0.101. The zero-order valence-corrected chi connectivity index (χ0v) is 13.5. The standard InChI is InChI=1S/C15H16N6OS/c1-11-2-5-23-14(11)15(22)20-4-3-19-6-12(18-13(19)8-20)7-21-10-16-9-17-21/h2,5-6,9-10H,3-4,7-8H2,1H3. The topological polar surface area (TPSA) is 68.8 Å². The molecule has 1 amide bonds. The van der Waals surface area contributed by atoms with Crippen LogP contribution < -0.4 is 0 Å². The Hall–Kier alpha value is -2.48. The maximum atomic E-state index is 12.6. The monoisotopic (exact) mass is 328 g/mol. The summed E-state index contributed by atoms with van der Waals surface area (Å²) in [4.78, 5) is 23.9. The van der Waals surface area contributed by atoms with Gasteiger partial charge in [-0.25, -0.2) is 14.6 Å². The van der Waals surface area contributed by atoms with Crippen LogP contribution in [0.25, 0.3) is 0 Å². The van der Waals surface area contributed by atoms with Crippen LogP contribution in [0.15, 0.2) is 30.3 Å². The van der Waals surface area contributed by atoms with E-state index < -0.39 is 0 Å². The van der Waals surface area contributed by atoms with Gasteiger partial charge < -0.3 is 9.47 Å². The second-order valence-corrected chi connectivity index (χ2v) is 6.51. The Bertz CT molecular complexity index is 834. The van der Waals surface area contributed by atoms with E-state index in [1.807, 2.05) is 29.5 Å². The number of nitrogens with zero attached hydrogens (tertiary/aromatic N) is 6. The summed E-state index contributed by atoms with van der Waals surface area (Å²) in [6, 6.07) is 1.99. The van der Waals surface area contributed by atoms with E-state index in [9.17, 15) is 4.79 Å². The Morgan fingerprint density at radius 3 is 3.04 bits per heavy atom. The molecule has 0 aromatic carbocycles. The van der Waals surface area contributed by atoms with Crippen molar-refractivity contribution in [3.8, 4) is 0 Å². The molecule has 1 aliphatic rings. The zero-order chi connectivity index (χ0) is 15.8. The summed E-state index contributed by atoms with van der Waals surface area (Å²) in [5, 5.41) is 6.06. The summed E-state index contributed by atoms with van der Waals surface area (Å²) in [6.07, 6.45) is 5.22. The zero-order valence-electron chi connectivity index (χ0n) is 12.7. The van der Waals surface area contributed by atoms with Crippen molar-refractivity contribution in [2.75, 3.05) is 6.54 Å². The molecule has 0 fully saturated rings. The summed E-state index contributed by atoms with van der Waals surface area (Å²) in [5.74, 6) is 1.03. The van der Waals surface area contributed by atoms with E-state index in [0.717, 1.165) is 28.5 Å². The van der Waals surface area contributed by atoms with Crippen LogP contribution in [0, 0.1) is 6.92 Å². The molecule has 3 aromatic rings. The van der Waals surface area contributed by atoms with Crippen LogP contribution in [0.3, 0.4) is 0 Å². The van der Waals surface area contributed by atoms with Crippen LogP contribution in [-0.4, -0.2) is 41.7 Å². The number of aromatic nitrogens is 5. The maximum absolute atomic E-state index is 12.6. The van der Waals surface area contributed by atoms with Crippen molar-refractivity contribution in [3.63, 3.8) is 0 Å². The van der Waals surface area contributed by atoms with Crippen LogP contribution in [0.1, 0.15) is 26.8 Å². The summed E-state index contributed by atoms with van der Waals surface area (Å²) in [5.41, 5.74) is 1.98. The van der Waals surface area contributed by atoms with E-state index in [1.54, 1.807) is 11.0 Å². The molecule has 0 radical (unpaired) electrons. The summed E-state index contributed by atoms with van der Waals surface area (Å²) in [6.45, 7) is 4.61. The van der Waals surface area contributed by atoms with Crippen LogP contribution in [0.2, 0.25) is 0 Å². The predicted octanol–water partition coefficient (Wildman–Crippen LogP) is 1.55. The molecule has 0 bridgehead atoms. The van der Waals surface area contributed by atoms with Gasteiger partial charge in [-0.2, -0.15) is 5.10 Å². The van der Waals surface area contributed by atoms with Gasteiger partial charge in [-0.3, -0.25) is 4.79 Å². The molecule has 3 aromatic heterocycles. The Balaban J connectivity index is 1.52. The lowest BCUT2D eigenvalue weighted by Gasteiger charge is -2.27. The third kappa shape index (κ3) is 2.65. The normalized spacial score (nSPS) is 14.0. The highest BCUT2D eigenvalue weighted by atomic mass is 32.1. The first kappa shape index (κ1) is 14.1. The van der Waals surface area contributed by atoms with E-state index in [4.69, 9.17) is 0 Å². The fraction of sp³-hybridized carbons (Fsp3) is 0.333. The lowest BCUT2D eigenvalue weighted by molar-refractivity contribution is 0.0712. The fourth-order valence-corrected chi connectivity index (χ4v) is 3.67. The molecule has 0 aliphatic carbocycles. The van der Waals surface area contributed by atoms with Crippen molar-refractivity contribution in [1.82, 2.24) is 29.2 Å². The third-order valence-corrected chi connectivity index (χ3v) is 4.99. The number of fused-ring (bicyclic) bond motifs is 1. The highest BCUT2D eigenvalue weighted by Gasteiger charge is 2.25. The van der Waals surface area contributed by atoms with Gasteiger partial charge in [-0.15, -0.1) is 11.3 Å². The van der Waals surface area contributed by atoms with Crippen molar-refractivity contribution in [2.24, 2.45) is 0 Å². The molecule has 1 aliphatic heterocycles. The molecular formula is C15H16N6OS. The number of hydrogen-bond acceptors (Lipinski definition) is 5. The molecule has 7 nitrogen and oxygen atoms in total. The molecule has 23 heavy (non-hydrogen) atoms. The minimum Gasteiger partial charge on any atom is -0.331 e. The van der Waals surface area contributed by atoms with Crippen molar-refractivity contribution >= 4 is 17.2 Å². The van der Waals surface area contributed by atoms with Gasteiger partial charge in [0.15, 0.2) is 0 Å². The van der Waals surface area contributed by atoms with Gasteiger partial charge in [-0.05, 0) is 23.9 Å². The molecule has 8 heteroatoms. The Morgan fingerprint density at radius 2 is 2.30 bits per heavy atom. The maximum Gasteiger partial charge on any atom is 0.264 e. The number of carbonyl (C=O) groups excluding carboxylic acids is 1. The lowest BCUT2D eigenvalue weighted by Crippen LogP contribution is -2.38. The first-order valence-corrected chi connectivity index (χ1v) is 8.29. The first-order valence-electron chi connectivity index (χ1n) is 7.41. The number of imidazole rings is 1. The second-order valence-electron chi connectivity index (χ2n) is 5.59. The SMILES string of the molecule is Cc1ccsc1C(=O)N1CCn2cc(Cn3cncn3)nc2C1. The average molecular weight is 328 g/mol. The van der Waals surface area contributed by atoms with Gasteiger partial charge in [0.2, 0.25) is 0 Å². The van der Waals surface area contributed by atoms with E-state index in [2.05, 4.69) is 19.6 Å². The largest absolute Gasteiger partial charge is 0.331 e. The number of aryl methyl sites for hydroxylation is 1. The predicted molar refractivity (Wildman–Crippen MR) is 85.1 cm³/mol. The van der Waals surface area contributed by atoms with Crippen molar-refractivity contribution in [1.29, 1.82) is 0 Å². The number of thiophene rings is 1. The van der Waals surface area contributed by atoms with E-state index in [-0.39, 0.29) is 5.91 Å². The molecule has 4 heterocycles. The average Bonchev–Trinajstić information content (AvgIpc) is 3.26. The number of hydrogen-bond donors (Lipinski definition) is 0. The molecule has 0 atom stereocenters. The summed E-state index contributed by atoms with van der Waals surface area (Å²) < 4.78 is 3.86. The van der Waals surface area contributed by atoms with E-state index in [1.165, 1.54) is 17.7 Å². The minimum absolute atomic E-state index is 0.101. The molecule has 0 spiro atoms. The van der Waals surface area contributed by atoms with Gasteiger partial charge in [0.25, 0.3) is 5.91 Å². The number of carbonyl (C=O) groups is 1.